The smallest absolute Gasteiger partial charge is 0.300 e. The highest BCUT2D eigenvalue weighted by Gasteiger charge is 2.45. The van der Waals surface area contributed by atoms with E-state index in [1.165, 1.54) is 32.1 Å². The molecule has 2 N–H and O–H groups in total. The molecule has 0 aliphatic carbocycles. The molecule has 1 spiro atoms. The molecule has 0 unspecified atom stereocenters. The molecular formula is C18H26N2O3. The van der Waals surface area contributed by atoms with Crippen LogP contribution in [0.25, 0.3) is 0 Å². The number of hydrogen-bond donors (Lipinski definition) is 1. The average molecular weight is 318 g/mol. The Morgan fingerprint density at radius 1 is 1.13 bits per heavy atom. The highest BCUT2D eigenvalue weighted by molar-refractivity contribution is 6.01. The minimum absolute atomic E-state index is 0.462. The number of amidine groups is 1. The van der Waals surface area contributed by atoms with Gasteiger partial charge in [-0.3, -0.25) is 0 Å². The van der Waals surface area contributed by atoms with Gasteiger partial charge in [0.25, 0.3) is 0 Å². The van der Waals surface area contributed by atoms with Gasteiger partial charge in [0, 0.05) is 5.56 Å². The van der Waals surface area contributed by atoms with Gasteiger partial charge in [-0.15, -0.1) is 0 Å². The van der Waals surface area contributed by atoms with Crippen molar-refractivity contribution < 1.29 is 14.2 Å². The van der Waals surface area contributed by atoms with E-state index in [9.17, 15) is 0 Å². The summed E-state index contributed by atoms with van der Waals surface area (Å²) in [5, 5.41) is 0. The second-order valence-electron chi connectivity index (χ2n) is 6.10. The van der Waals surface area contributed by atoms with E-state index in [-0.39, 0.29) is 0 Å². The lowest BCUT2D eigenvalue weighted by Crippen LogP contribution is -2.22. The van der Waals surface area contributed by atoms with Crippen molar-refractivity contribution >= 4 is 5.84 Å². The molecule has 1 aromatic rings. The number of benzene rings is 1. The molecule has 23 heavy (non-hydrogen) atoms. The van der Waals surface area contributed by atoms with E-state index in [1.54, 1.807) is 0 Å². The maximum Gasteiger partial charge on any atom is 0.300 e. The van der Waals surface area contributed by atoms with E-state index in [0.29, 0.717) is 19.0 Å². The van der Waals surface area contributed by atoms with Crippen LogP contribution in [0, 0.1) is 0 Å². The van der Waals surface area contributed by atoms with Crippen LogP contribution in [0.15, 0.2) is 23.2 Å². The molecule has 1 aromatic carbocycles. The third-order valence-corrected chi connectivity index (χ3v) is 4.32. The van der Waals surface area contributed by atoms with Crippen LogP contribution in [0.3, 0.4) is 0 Å². The molecular weight excluding hydrogens is 292 g/mol. The predicted octanol–water partition coefficient (Wildman–Crippen LogP) is 3.30. The first-order valence-electron chi connectivity index (χ1n) is 8.66. The summed E-state index contributed by atoms with van der Waals surface area (Å²) < 4.78 is 17.3. The van der Waals surface area contributed by atoms with Crippen LogP contribution in [-0.2, 0) is 15.4 Å². The van der Waals surface area contributed by atoms with Crippen LogP contribution >= 0.6 is 0 Å². The largest absolute Gasteiger partial charge is 0.494 e. The van der Waals surface area contributed by atoms with Crippen LogP contribution in [0.4, 0.5) is 0 Å². The third kappa shape index (κ3) is 3.51. The highest BCUT2D eigenvalue weighted by Crippen LogP contribution is 2.41. The van der Waals surface area contributed by atoms with E-state index >= 15 is 0 Å². The van der Waals surface area contributed by atoms with E-state index < -0.39 is 5.91 Å². The molecule has 0 aromatic heterocycles. The second-order valence-corrected chi connectivity index (χ2v) is 6.10. The van der Waals surface area contributed by atoms with Crippen molar-refractivity contribution in [1.29, 1.82) is 0 Å². The monoisotopic (exact) mass is 318 g/mol. The number of nitrogens with two attached hydrogens (primary N) is 1. The molecule has 0 saturated carbocycles. The van der Waals surface area contributed by atoms with Crippen LogP contribution in [-0.4, -0.2) is 25.7 Å². The fourth-order valence-electron chi connectivity index (χ4n) is 3.07. The summed E-state index contributed by atoms with van der Waals surface area (Å²) in [6, 6.07) is 5.82. The Kier molecular flexibility index (Phi) is 5.18. The Hall–Kier alpha value is -1.59. The van der Waals surface area contributed by atoms with Gasteiger partial charge < -0.3 is 19.9 Å². The molecule has 126 valence electrons. The van der Waals surface area contributed by atoms with Crippen molar-refractivity contribution in [2.75, 3.05) is 19.8 Å². The quantitative estimate of drug-likeness (QED) is 0.747. The fourth-order valence-corrected chi connectivity index (χ4v) is 3.07. The first-order valence-corrected chi connectivity index (χ1v) is 8.66. The van der Waals surface area contributed by atoms with Crippen molar-refractivity contribution in [1.82, 2.24) is 0 Å². The Bertz CT molecular complexity index is 565. The molecule has 3 rings (SSSR count). The Labute approximate surface area is 137 Å². The van der Waals surface area contributed by atoms with Gasteiger partial charge in [0.15, 0.2) is 0 Å². The van der Waals surface area contributed by atoms with Crippen LogP contribution in [0.5, 0.6) is 5.75 Å². The molecule has 1 fully saturated rings. The lowest BCUT2D eigenvalue weighted by atomic mass is 10.1. The number of aliphatic imine (C=N–C) groups is 1. The zero-order valence-corrected chi connectivity index (χ0v) is 13.8. The lowest BCUT2D eigenvalue weighted by molar-refractivity contribution is -0.155. The van der Waals surface area contributed by atoms with Crippen LogP contribution in [0.2, 0.25) is 0 Å². The molecule has 0 atom stereocenters. The van der Waals surface area contributed by atoms with Crippen LogP contribution in [0.1, 0.15) is 56.6 Å². The average Bonchev–Trinajstić information content (AvgIpc) is 3.13. The first-order chi connectivity index (χ1) is 11.2. The molecule has 5 heteroatoms. The van der Waals surface area contributed by atoms with Gasteiger partial charge in [-0.1, -0.05) is 39.0 Å². The van der Waals surface area contributed by atoms with Gasteiger partial charge >= 0.3 is 5.91 Å². The van der Waals surface area contributed by atoms with Crippen molar-refractivity contribution in [3.63, 3.8) is 0 Å². The Balaban J connectivity index is 1.55. The number of unbranched alkanes of at least 4 members (excludes halogenated alkanes) is 5. The molecule has 2 aliphatic heterocycles. The SMILES string of the molecule is CCCCCCCCOc1ccc2c(c1)C1(N=C2N)OCCO1. The number of rotatable bonds is 8. The summed E-state index contributed by atoms with van der Waals surface area (Å²) in [6.45, 7) is 4.02. The minimum atomic E-state index is -1.04. The summed E-state index contributed by atoms with van der Waals surface area (Å²) in [5.41, 5.74) is 7.71. The third-order valence-electron chi connectivity index (χ3n) is 4.32. The summed E-state index contributed by atoms with van der Waals surface area (Å²) >= 11 is 0. The van der Waals surface area contributed by atoms with Crippen LogP contribution < -0.4 is 10.5 Å². The Morgan fingerprint density at radius 3 is 2.65 bits per heavy atom. The first kappa shape index (κ1) is 16.3. The van der Waals surface area contributed by atoms with Crippen molar-refractivity contribution in [2.45, 2.75) is 51.4 Å². The normalized spacial score (nSPS) is 18.2. The molecule has 5 nitrogen and oxygen atoms in total. The fraction of sp³-hybridized carbons (Fsp3) is 0.611. The molecule has 2 aliphatic rings. The second kappa shape index (κ2) is 7.32. The highest BCUT2D eigenvalue weighted by atomic mass is 16.8. The van der Waals surface area contributed by atoms with Gasteiger partial charge in [0.05, 0.1) is 25.4 Å². The van der Waals surface area contributed by atoms with E-state index in [2.05, 4.69) is 11.9 Å². The Morgan fingerprint density at radius 2 is 1.87 bits per heavy atom. The maximum atomic E-state index is 5.98. The van der Waals surface area contributed by atoms with Crippen molar-refractivity contribution in [2.24, 2.45) is 10.7 Å². The number of hydrogen-bond acceptors (Lipinski definition) is 5. The molecule has 2 heterocycles. The minimum Gasteiger partial charge on any atom is -0.494 e. The molecule has 1 saturated heterocycles. The van der Waals surface area contributed by atoms with Gasteiger partial charge in [0.2, 0.25) is 0 Å². The number of ether oxygens (including phenoxy) is 3. The summed E-state index contributed by atoms with van der Waals surface area (Å²) in [6.07, 6.45) is 7.52. The topological polar surface area (TPSA) is 66.1 Å². The van der Waals surface area contributed by atoms with Gasteiger partial charge in [0.1, 0.15) is 11.6 Å². The molecule has 0 radical (unpaired) electrons. The van der Waals surface area contributed by atoms with Gasteiger partial charge in [-0.2, -0.15) is 0 Å². The zero-order valence-electron chi connectivity index (χ0n) is 13.8. The van der Waals surface area contributed by atoms with Crippen molar-refractivity contribution in [3.8, 4) is 5.75 Å². The zero-order chi connectivity index (χ0) is 16.1. The lowest BCUT2D eigenvalue weighted by Gasteiger charge is -2.19. The molecule has 0 amide bonds. The number of fused-ring (bicyclic) bond motifs is 2. The standard InChI is InChI=1S/C18H26N2O3/c1-2-3-4-5-6-7-10-21-14-8-9-15-16(13-14)18(20-17(15)19)22-11-12-23-18/h8-9,13H,2-7,10-12H2,1H3,(H2,19,20). The van der Waals surface area contributed by atoms with Crippen molar-refractivity contribution in [3.05, 3.63) is 29.3 Å². The summed E-state index contributed by atoms with van der Waals surface area (Å²) in [5.74, 6) is 0.240. The summed E-state index contributed by atoms with van der Waals surface area (Å²) in [7, 11) is 0. The summed E-state index contributed by atoms with van der Waals surface area (Å²) in [4.78, 5) is 4.36. The van der Waals surface area contributed by atoms with Gasteiger partial charge in [-0.05, 0) is 24.6 Å². The van der Waals surface area contributed by atoms with E-state index in [0.717, 1.165) is 29.9 Å². The maximum absolute atomic E-state index is 5.98. The predicted molar refractivity (Wildman–Crippen MR) is 89.6 cm³/mol. The molecule has 0 bridgehead atoms. The number of nitrogens with zero attached hydrogens (tertiary/aromatic N) is 1. The van der Waals surface area contributed by atoms with E-state index in [1.807, 2.05) is 18.2 Å². The van der Waals surface area contributed by atoms with E-state index in [4.69, 9.17) is 19.9 Å². The van der Waals surface area contributed by atoms with Gasteiger partial charge in [-0.25, -0.2) is 4.99 Å².